The number of nitrogens with two attached hydrogens (primary N) is 1. The number of amidine groups is 1. The van der Waals surface area contributed by atoms with E-state index in [0.29, 0.717) is 0 Å². The molecule has 0 radical (unpaired) electrons. The molecule has 0 aromatic heterocycles. The van der Waals surface area contributed by atoms with Gasteiger partial charge in [0.1, 0.15) is 5.84 Å². The van der Waals surface area contributed by atoms with E-state index in [-0.39, 0.29) is 11.4 Å². The third kappa shape index (κ3) is 2.73. The fraction of sp³-hybridized carbons (Fsp3) is 0.533. The van der Waals surface area contributed by atoms with Crippen molar-refractivity contribution in [3.8, 4) is 0 Å². The fourth-order valence-electron chi connectivity index (χ4n) is 2.58. The van der Waals surface area contributed by atoms with Crippen molar-refractivity contribution in [3.63, 3.8) is 0 Å². The maximum Gasteiger partial charge on any atom is 0.124 e. The molecule has 1 aliphatic heterocycles. The van der Waals surface area contributed by atoms with Crippen LogP contribution in [0, 0.1) is 12.3 Å². The molecular weight excluding hydrogens is 236 g/mol. The predicted molar refractivity (Wildman–Crippen MR) is 81.1 cm³/mol. The number of nitrogens with zero attached hydrogens (tertiary/aromatic N) is 2. The number of aryl methyl sites for hydroxylation is 1. The van der Waals surface area contributed by atoms with Crippen molar-refractivity contribution in [2.24, 2.45) is 5.73 Å². The zero-order valence-corrected chi connectivity index (χ0v) is 12.3. The van der Waals surface area contributed by atoms with E-state index < -0.39 is 0 Å². The number of hydrogen-bond acceptors (Lipinski definition) is 3. The molecule has 0 saturated carbocycles. The van der Waals surface area contributed by atoms with Crippen molar-refractivity contribution >= 4 is 11.5 Å². The highest BCUT2D eigenvalue weighted by Gasteiger charge is 2.32. The molecule has 1 fully saturated rings. The second kappa shape index (κ2) is 4.85. The first-order chi connectivity index (χ1) is 8.81. The Bertz CT molecular complexity index is 493. The molecule has 0 aliphatic carbocycles. The Morgan fingerprint density at radius 2 is 2.00 bits per heavy atom. The Hall–Kier alpha value is -1.55. The second-order valence-corrected chi connectivity index (χ2v) is 6.09. The Labute approximate surface area is 115 Å². The van der Waals surface area contributed by atoms with E-state index >= 15 is 0 Å². The van der Waals surface area contributed by atoms with Gasteiger partial charge in [0.05, 0.1) is 0 Å². The zero-order chi connectivity index (χ0) is 14.2. The maximum absolute atomic E-state index is 7.74. The Morgan fingerprint density at radius 3 is 2.58 bits per heavy atom. The first kappa shape index (κ1) is 13.9. The highest BCUT2D eigenvalue weighted by atomic mass is 15.3. The number of likely N-dealkylation sites (N-methyl/N-ethyl adjacent to an activating group) is 1. The van der Waals surface area contributed by atoms with Crippen LogP contribution in [0.3, 0.4) is 0 Å². The first-order valence-electron chi connectivity index (χ1n) is 6.72. The lowest BCUT2D eigenvalue weighted by atomic mass is 9.98. The topological polar surface area (TPSA) is 56.4 Å². The number of piperazine rings is 1. The molecule has 4 nitrogen and oxygen atoms in total. The van der Waals surface area contributed by atoms with E-state index in [1.807, 2.05) is 12.1 Å². The van der Waals surface area contributed by atoms with Gasteiger partial charge in [-0.1, -0.05) is 6.07 Å². The molecule has 1 aromatic carbocycles. The van der Waals surface area contributed by atoms with Gasteiger partial charge in [-0.05, 0) is 45.5 Å². The minimum absolute atomic E-state index is 0.135. The van der Waals surface area contributed by atoms with Gasteiger partial charge in [0, 0.05) is 36.4 Å². The van der Waals surface area contributed by atoms with Crippen LogP contribution >= 0.6 is 0 Å². The van der Waals surface area contributed by atoms with Crippen molar-refractivity contribution in [1.29, 1.82) is 5.41 Å². The summed E-state index contributed by atoms with van der Waals surface area (Å²) in [6, 6.07) is 6.11. The van der Waals surface area contributed by atoms with Gasteiger partial charge >= 0.3 is 0 Å². The standard InChI is InChI=1S/C15H24N4/c1-11-5-6-12(14(16)17)13(9-11)19-8-7-18(4)15(2,3)10-19/h5-6,9H,7-8,10H2,1-4H3,(H3,16,17). The van der Waals surface area contributed by atoms with Crippen LogP contribution in [0.25, 0.3) is 0 Å². The lowest BCUT2D eigenvalue weighted by Crippen LogP contribution is -2.58. The number of hydrogen-bond donors (Lipinski definition) is 2. The summed E-state index contributed by atoms with van der Waals surface area (Å²) >= 11 is 0. The van der Waals surface area contributed by atoms with Crippen LogP contribution in [0.4, 0.5) is 5.69 Å². The van der Waals surface area contributed by atoms with E-state index in [4.69, 9.17) is 11.1 Å². The van der Waals surface area contributed by atoms with E-state index in [1.165, 1.54) is 5.56 Å². The van der Waals surface area contributed by atoms with E-state index in [1.54, 1.807) is 0 Å². The molecule has 1 aromatic rings. The predicted octanol–water partition coefficient (Wildman–Crippen LogP) is 1.81. The summed E-state index contributed by atoms with van der Waals surface area (Å²) in [5.74, 6) is 0.145. The van der Waals surface area contributed by atoms with Crippen LogP contribution in [0.15, 0.2) is 18.2 Å². The van der Waals surface area contributed by atoms with Gasteiger partial charge in [0.25, 0.3) is 0 Å². The molecule has 0 spiro atoms. The van der Waals surface area contributed by atoms with Gasteiger partial charge < -0.3 is 10.6 Å². The van der Waals surface area contributed by atoms with Crippen LogP contribution in [0.1, 0.15) is 25.0 Å². The summed E-state index contributed by atoms with van der Waals surface area (Å²) in [7, 11) is 2.17. The van der Waals surface area contributed by atoms with Crippen molar-refractivity contribution in [3.05, 3.63) is 29.3 Å². The molecule has 0 amide bonds. The molecule has 0 unspecified atom stereocenters. The van der Waals surface area contributed by atoms with Gasteiger partial charge in [0.15, 0.2) is 0 Å². The molecule has 1 heterocycles. The fourth-order valence-corrected chi connectivity index (χ4v) is 2.58. The molecule has 104 valence electrons. The third-order valence-electron chi connectivity index (χ3n) is 4.10. The zero-order valence-electron chi connectivity index (χ0n) is 12.3. The number of nitrogens with one attached hydrogen (secondary N) is 1. The van der Waals surface area contributed by atoms with Crippen molar-refractivity contribution in [2.45, 2.75) is 26.3 Å². The molecule has 2 rings (SSSR count). The lowest BCUT2D eigenvalue weighted by Gasteiger charge is -2.46. The molecule has 1 aliphatic rings. The molecule has 19 heavy (non-hydrogen) atoms. The smallest absolute Gasteiger partial charge is 0.124 e. The normalized spacial score (nSPS) is 19.5. The van der Waals surface area contributed by atoms with Crippen LogP contribution < -0.4 is 10.6 Å². The molecule has 1 saturated heterocycles. The number of rotatable bonds is 2. The highest BCUT2D eigenvalue weighted by molar-refractivity contribution is 6.00. The van der Waals surface area contributed by atoms with Crippen molar-refractivity contribution < 1.29 is 0 Å². The van der Waals surface area contributed by atoms with Crippen molar-refractivity contribution in [1.82, 2.24) is 4.90 Å². The monoisotopic (exact) mass is 260 g/mol. The molecule has 4 heteroatoms. The van der Waals surface area contributed by atoms with Gasteiger partial charge in [0.2, 0.25) is 0 Å². The largest absolute Gasteiger partial charge is 0.384 e. The molecule has 0 atom stereocenters. The Morgan fingerprint density at radius 1 is 1.32 bits per heavy atom. The van der Waals surface area contributed by atoms with Gasteiger partial charge in [-0.25, -0.2) is 0 Å². The van der Waals surface area contributed by atoms with Crippen LogP contribution in [-0.4, -0.2) is 43.0 Å². The lowest BCUT2D eigenvalue weighted by molar-refractivity contribution is 0.139. The van der Waals surface area contributed by atoms with Crippen LogP contribution in [0.2, 0.25) is 0 Å². The summed E-state index contributed by atoms with van der Waals surface area (Å²) in [4.78, 5) is 4.73. The van der Waals surface area contributed by atoms with Gasteiger partial charge in [-0.2, -0.15) is 0 Å². The van der Waals surface area contributed by atoms with E-state index in [2.05, 4.69) is 43.7 Å². The first-order valence-corrected chi connectivity index (χ1v) is 6.72. The van der Waals surface area contributed by atoms with Gasteiger partial charge in [-0.15, -0.1) is 0 Å². The Kier molecular flexibility index (Phi) is 3.54. The molecular formula is C15H24N4. The SMILES string of the molecule is Cc1ccc(C(=N)N)c(N2CCN(C)C(C)(C)C2)c1. The molecule has 3 N–H and O–H groups in total. The number of nitrogen functional groups attached to an aromatic ring is 1. The van der Waals surface area contributed by atoms with E-state index in [9.17, 15) is 0 Å². The summed E-state index contributed by atoms with van der Waals surface area (Å²) in [5, 5.41) is 7.74. The number of anilines is 1. The summed E-state index contributed by atoms with van der Waals surface area (Å²) in [5.41, 5.74) is 8.98. The van der Waals surface area contributed by atoms with E-state index in [0.717, 1.165) is 30.9 Å². The summed E-state index contributed by atoms with van der Waals surface area (Å²) in [6.07, 6.45) is 0. The quantitative estimate of drug-likeness (QED) is 0.630. The average Bonchev–Trinajstić information content (AvgIpc) is 2.32. The number of benzene rings is 1. The van der Waals surface area contributed by atoms with Crippen LogP contribution in [-0.2, 0) is 0 Å². The maximum atomic E-state index is 7.74. The van der Waals surface area contributed by atoms with Crippen molar-refractivity contribution in [2.75, 3.05) is 31.6 Å². The minimum atomic E-state index is 0.135. The van der Waals surface area contributed by atoms with Crippen LogP contribution in [0.5, 0.6) is 0 Å². The minimum Gasteiger partial charge on any atom is -0.384 e. The molecule has 0 bridgehead atoms. The Balaban J connectivity index is 2.36. The highest BCUT2D eigenvalue weighted by Crippen LogP contribution is 2.28. The summed E-state index contributed by atoms with van der Waals surface area (Å²) < 4.78 is 0. The third-order valence-corrected chi connectivity index (χ3v) is 4.10. The van der Waals surface area contributed by atoms with Gasteiger partial charge in [-0.3, -0.25) is 10.3 Å². The average molecular weight is 260 g/mol. The summed E-state index contributed by atoms with van der Waals surface area (Å²) in [6.45, 7) is 9.54. The second-order valence-electron chi connectivity index (χ2n) is 6.09.